The summed E-state index contributed by atoms with van der Waals surface area (Å²) in [7, 11) is 0. The maximum absolute atomic E-state index is 13.3. The summed E-state index contributed by atoms with van der Waals surface area (Å²) in [5.41, 5.74) is 3.79. The van der Waals surface area contributed by atoms with Gasteiger partial charge >= 0.3 is 0 Å². The normalized spacial score (nSPS) is 32.1. The van der Waals surface area contributed by atoms with E-state index in [0.717, 1.165) is 23.2 Å². The molecule has 0 unspecified atom stereocenters. The summed E-state index contributed by atoms with van der Waals surface area (Å²) in [6, 6.07) is 12.7. The van der Waals surface area contributed by atoms with E-state index in [1.54, 1.807) is 24.3 Å². The number of hydrogen-bond donors (Lipinski definition) is 1. The second-order valence-electron chi connectivity index (χ2n) is 9.49. The number of nitrogens with zero attached hydrogens (tertiary/aromatic N) is 1. The molecule has 0 aromatic heterocycles. The summed E-state index contributed by atoms with van der Waals surface area (Å²) < 4.78 is 0. The second kappa shape index (κ2) is 6.39. The van der Waals surface area contributed by atoms with Crippen molar-refractivity contribution >= 4 is 29.1 Å². The van der Waals surface area contributed by atoms with Gasteiger partial charge in [-0.15, -0.1) is 0 Å². The molecule has 1 aliphatic heterocycles. The molecule has 3 fully saturated rings. The number of amides is 3. The Balaban J connectivity index is 1.28. The summed E-state index contributed by atoms with van der Waals surface area (Å²) in [4.78, 5) is 40.9. The average Bonchev–Trinajstić information content (AvgIpc) is 3.53. The highest BCUT2D eigenvalue weighted by Gasteiger charge is 2.67. The largest absolute Gasteiger partial charge is 0.322 e. The smallest absolute Gasteiger partial charge is 0.255 e. The molecule has 5 heteroatoms. The Morgan fingerprint density at radius 1 is 0.935 bits per heavy atom. The molecule has 5 nitrogen and oxygen atoms in total. The lowest BCUT2D eigenvalue weighted by Crippen LogP contribution is -2.40. The fraction of sp³-hybridized carbons (Fsp3) is 0.346. The van der Waals surface area contributed by atoms with E-state index in [-0.39, 0.29) is 41.4 Å². The zero-order valence-electron chi connectivity index (χ0n) is 17.5. The van der Waals surface area contributed by atoms with Gasteiger partial charge in [-0.1, -0.05) is 35.9 Å². The van der Waals surface area contributed by atoms with Crippen LogP contribution in [0.15, 0.2) is 54.6 Å². The molecule has 156 valence electrons. The minimum Gasteiger partial charge on any atom is -0.322 e. The SMILES string of the molecule is Cc1ccc(NC(=O)c2cccc(N3C(=O)[C@@H]4[C@H]5C=C[C@@H]([C@@H]6C[C@@H]56)[C@H]4C3=O)c2)c(C)c1. The number of carbonyl (C=O) groups is 3. The van der Waals surface area contributed by atoms with Gasteiger partial charge in [-0.2, -0.15) is 0 Å². The summed E-state index contributed by atoms with van der Waals surface area (Å²) in [5.74, 6) is 0.588. The van der Waals surface area contributed by atoms with Crippen molar-refractivity contribution in [3.05, 3.63) is 71.3 Å². The van der Waals surface area contributed by atoms with E-state index in [0.29, 0.717) is 23.1 Å². The van der Waals surface area contributed by atoms with E-state index < -0.39 is 0 Å². The number of hydrogen-bond acceptors (Lipinski definition) is 3. The molecule has 1 saturated heterocycles. The van der Waals surface area contributed by atoms with Crippen LogP contribution in [0.5, 0.6) is 0 Å². The Bertz CT molecular complexity index is 1150. The molecule has 6 atom stereocenters. The van der Waals surface area contributed by atoms with Gasteiger partial charge in [0.2, 0.25) is 11.8 Å². The molecular formula is C26H24N2O3. The average molecular weight is 412 g/mol. The molecule has 2 saturated carbocycles. The van der Waals surface area contributed by atoms with E-state index in [4.69, 9.17) is 0 Å². The van der Waals surface area contributed by atoms with Crippen LogP contribution in [0.3, 0.4) is 0 Å². The lowest BCUT2D eigenvalue weighted by Gasteiger charge is -2.37. The first-order valence-corrected chi connectivity index (χ1v) is 11.0. The lowest BCUT2D eigenvalue weighted by atomic mass is 9.63. The summed E-state index contributed by atoms with van der Waals surface area (Å²) in [5, 5.41) is 2.94. The van der Waals surface area contributed by atoms with Crippen LogP contribution in [0.2, 0.25) is 0 Å². The fourth-order valence-corrected chi connectivity index (χ4v) is 6.15. The van der Waals surface area contributed by atoms with E-state index in [9.17, 15) is 14.4 Å². The van der Waals surface area contributed by atoms with Crippen molar-refractivity contribution in [2.24, 2.45) is 35.5 Å². The third-order valence-electron chi connectivity index (χ3n) is 7.66. The Hall–Kier alpha value is -3.21. The van der Waals surface area contributed by atoms with Gasteiger partial charge in [-0.25, -0.2) is 4.90 Å². The maximum Gasteiger partial charge on any atom is 0.255 e. The zero-order valence-corrected chi connectivity index (χ0v) is 17.5. The van der Waals surface area contributed by atoms with Crippen molar-refractivity contribution in [2.75, 3.05) is 10.2 Å². The van der Waals surface area contributed by atoms with Gasteiger partial charge in [0, 0.05) is 11.3 Å². The highest BCUT2D eigenvalue weighted by atomic mass is 16.2. The van der Waals surface area contributed by atoms with Gasteiger partial charge in [0.25, 0.3) is 5.91 Å². The molecule has 2 bridgehead atoms. The first-order valence-electron chi connectivity index (χ1n) is 11.0. The Morgan fingerprint density at radius 2 is 1.61 bits per heavy atom. The fourth-order valence-electron chi connectivity index (χ4n) is 6.15. The molecular weight excluding hydrogens is 388 g/mol. The van der Waals surface area contributed by atoms with Gasteiger partial charge in [-0.05, 0) is 73.8 Å². The van der Waals surface area contributed by atoms with Crippen LogP contribution in [-0.4, -0.2) is 17.7 Å². The summed E-state index contributed by atoms with van der Waals surface area (Å²) >= 11 is 0. The highest BCUT2D eigenvalue weighted by Crippen LogP contribution is 2.65. The molecule has 7 rings (SSSR count). The van der Waals surface area contributed by atoms with Crippen molar-refractivity contribution in [3.63, 3.8) is 0 Å². The summed E-state index contributed by atoms with van der Waals surface area (Å²) in [6.07, 6.45) is 5.48. The molecule has 1 heterocycles. The predicted molar refractivity (Wildman–Crippen MR) is 118 cm³/mol. The minimum absolute atomic E-state index is 0.105. The van der Waals surface area contributed by atoms with E-state index in [1.165, 1.54) is 4.90 Å². The quantitative estimate of drug-likeness (QED) is 0.609. The number of allylic oxidation sites excluding steroid dienone is 2. The van der Waals surface area contributed by atoms with Gasteiger partial charge < -0.3 is 5.32 Å². The number of rotatable bonds is 3. The third-order valence-corrected chi connectivity index (χ3v) is 7.66. The number of nitrogens with one attached hydrogen (secondary N) is 1. The topological polar surface area (TPSA) is 66.5 Å². The standard InChI is InChI=1S/C26H24N2O3/c1-13-6-9-21(14(2)10-13)27-24(29)15-4-3-5-16(11-15)28-25(30)22-17-7-8-18(20-12-19(17)20)23(22)26(28)31/h3-11,17-20,22-23H,12H2,1-2H3,(H,27,29)/t17-,18-,19-,20-,22+,23+/m0/s1. The van der Waals surface area contributed by atoms with Crippen LogP contribution in [0, 0.1) is 49.4 Å². The molecule has 4 aliphatic carbocycles. The first kappa shape index (κ1) is 18.6. The van der Waals surface area contributed by atoms with Crippen LogP contribution >= 0.6 is 0 Å². The van der Waals surface area contributed by atoms with Gasteiger partial charge in [0.15, 0.2) is 0 Å². The van der Waals surface area contributed by atoms with Crippen LogP contribution in [0.4, 0.5) is 11.4 Å². The monoisotopic (exact) mass is 412 g/mol. The van der Waals surface area contributed by atoms with Crippen LogP contribution in [0.25, 0.3) is 0 Å². The Morgan fingerprint density at radius 3 is 2.26 bits per heavy atom. The maximum atomic E-state index is 13.3. The van der Waals surface area contributed by atoms with E-state index in [2.05, 4.69) is 17.5 Å². The molecule has 3 amide bonds. The number of aryl methyl sites for hydroxylation is 2. The number of benzene rings is 2. The zero-order chi connectivity index (χ0) is 21.4. The van der Waals surface area contributed by atoms with Gasteiger partial charge in [0.1, 0.15) is 0 Å². The Labute approximate surface area is 181 Å². The summed E-state index contributed by atoms with van der Waals surface area (Å²) in [6.45, 7) is 3.96. The lowest BCUT2D eigenvalue weighted by molar-refractivity contribution is -0.124. The van der Waals surface area contributed by atoms with Crippen molar-refractivity contribution in [2.45, 2.75) is 20.3 Å². The molecule has 0 radical (unpaired) electrons. The predicted octanol–water partition coefficient (Wildman–Crippen LogP) is 4.11. The molecule has 2 aromatic rings. The highest BCUT2D eigenvalue weighted by molar-refractivity contribution is 6.23. The van der Waals surface area contributed by atoms with E-state index >= 15 is 0 Å². The second-order valence-corrected chi connectivity index (χ2v) is 9.49. The molecule has 0 spiro atoms. The minimum atomic E-state index is -0.256. The number of carbonyl (C=O) groups excluding carboxylic acids is 3. The van der Waals surface area contributed by atoms with Gasteiger partial charge in [-0.3, -0.25) is 14.4 Å². The van der Waals surface area contributed by atoms with Crippen molar-refractivity contribution in [3.8, 4) is 0 Å². The third kappa shape index (κ3) is 2.65. The molecule has 5 aliphatic rings. The number of imide groups is 1. The molecule has 2 aromatic carbocycles. The van der Waals surface area contributed by atoms with Crippen LogP contribution in [-0.2, 0) is 9.59 Å². The van der Waals surface area contributed by atoms with Crippen LogP contribution < -0.4 is 10.2 Å². The number of anilines is 2. The van der Waals surface area contributed by atoms with Crippen molar-refractivity contribution in [1.82, 2.24) is 0 Å². The molecule has 31 heavy (non-hydrogen) atoms. The molecule has 1 N–H and O–H groups in total. The van der Waals surface area contributed by atoms with Crippen molar-refractivity contribution in [1.29, 1.82) is 0 Å². The Kier molecular flexibility index (Phi) is 3.83. The van der Waals surface area contributed by atoms with Crippen LogP contribution in [0.1, 0.15) is 27.9 Å². The van der Waals surface area contributed by atoms with Gasteiger partial charge in [0.05, 0.1) is 17.5 Å². The first-order chi connectivity index (χ1) is 14.9. The van der Waals surface area contributed by atoms with Crippen molar-refractivity contribution < 1.29 is 14.4 Å². The van der Waals surface area contributed by atoms with E-state index in [1.807, 2.05) is 32.0 Å².